The number of ether oxygens (including phenoxy) is 1. The highest BCUT2D eigenvalue weighted by Gasteiger charge is 2.29. The summed E-state index contributed by atoms with van der Waals surface area (Å²) in [6.45, 7) is 0.727. The highest BCUT2D eigenvalue weighted by molar-refractivity contribution is 7.89. The van der Waals surface area contributed by atoms with Crippen LogP contribution in [0.15, 0.2) is 53.4 Å². The Hall–Kier alpha value is -1.64. The van der Waals surface area contributed by atoms with Gasteiger partial charge in [0.05, 0.1) is 17.7 Å². The number of hydrogen-bond donors (Lipinski definition) is 1. The standard InChI is InChI=1S/C20H22Cl2N2O4S/c21-16-8-9-18(22)19(11-16)29(26,27)24(13-15-5-2-1-3-6-15)14-20(25)23-12-17-7-4-10-28-17/h1-3,5-6,8-9,11,17H,4,7,10,12-14H2,(H,23,25)/t17-/m0/s1. The summed E-state index contributed by atoms with van der Waals surface area (Å²) in [6.07, 6.45) is 1.81. The van der Waals surface area contributed by atoms with Crippen LogP contribution in [0.4, 0.5) is 0 Å². The number of nitrogens with zero attached hydrogens (tertiary/aromatic N) is 1. The van der Waals surface area contributed by atoms with Crippen LogP contribution in [0.3, 0.4) is 0 Å². The minimum atomic E-state index is -4.06. The molecule has 1 aliphatic rings. The molecule has 3 rings (SSSR count). The van der Waals surface area contributed by atoms with E-state index < -0.39 is 15.9 Å². The number of hydrogen-bond acceptors (Lipinski definition) is 4. The third-order valence-corrected chi connectivity index (χ3v) is 7.09. The molecular formula is C20H22Cl2N2O4S. The molecule has 2 aromatic carbocycles. The Morgan fingerprint density at radius 3 is 2.62 bits per heavy atom. The summed E-state index contributed by atoms with van der Waals surface area (Å²) in [5.41, 5.74) is 0.751. The molecule has 1 N–H and O–H groups in total. The lowest BCUT2D eigenvalue weighted by Gasteiger charge is -2.23. The lowest BCUT2D eigenvalue weighted by Crippen LogP contribution is -2.42. The first-order chi connectivity index (χ1) is 13.9. The van der Waals surface area contributed by atoms with Crippen LogP contribution in [-0.2, 0) is 26.1 Å². The largest absolute Gasteiger partial charge is 0.376 e. The van der Waals surface area contributed by atoms with E-state index in [4.69, 9.17) is 27.9 Å². The van der Waals surface area contributed by atoms with Gasteiger partial charge < -0.3 is 10.1 Å². The summed E-state index contributed by atoms with van der Waals surface area (Å²) in [6, 6.07) is 13.3. The minimum Gasteiger partial charge on any atom is -0.376 e. The zero-order valence-electron chi connectivity index (χ0n) is 15.7. The van der Waals surface area contributed by atoms with E-state index >= 15 is 0 Å². The van der Waals surface area contributed by atoms with Gasteiger partial charge in [-0.25, -0.2) is 8.42 Å². The molecule has 1 atom stereocenters. The maximum atomic E-state index is 13.3. The van der Waals surface area contributed by atoms with Crippen LogP contribution in [0, 0.1) is 0 Å². The van der Waals surface area contributed by atoms with Gasteiger partial charge in [0.1, 0.15) is 4.90 Å². The summed E-state index contributed by atoms with van der Waals surface area (Å²) in [4.78, 5) is 12.4. The molecule has 6 nitrogen and oxygen atoms in total. The number of carbonyl (C=O) groups excluding carboxylic acids is 1. The smallest absolute Gasteiger partial charge is 0.245 e. The van der Waals surface area contributed by atoms with Crippen LogP contribution in [0.2, 0.25) is 10.0 Å². The summed E-state index contributed by atoms with van der Waals surface area (Å²) < 4.78 is 33.2. The number of carbonyl (C=O) groups is 1. The average Bonchev–Trinajstić information content (AvgIpc) is 3.22. The van der Waals surface area contributed by atoms with Gasteiger partial charge in [-0.1, -0.05) is 53.5 Å². The maximum absolute atomic E-state index is 13.3. The fraction of sp³-hybridized carbons (Fsp3) is 0.350. The monoisotopic (exact) mass is 456 g/mol. The van der Waals surface area contributed by atoms with Gasteiger partial charge in [0.2, 0.25) is 15.9 Å². The Labute approximate surface area is 180 Å². The van der Waals surface area contributed by atoms with E-state index in [1.165, 1.54) is 18.2 Å². The first-order valence-electron chi connectivity index (χ1n) is 9.23. The molecule has 156 valence electrons. The number of nitrogens with one attached hydrogen (secondary N) is 1. The molecule has 1 fully saturated rings. The predicted molar refractivity (Wildman–Crippen MR) is 112 cm³/mol. The minimum absolute atomic E-state index is 0.0271. The van der Waals surface area contributed by atoms with Crippen molar-refractivity contribution in [1.29, 1.82) is 0 Å². The lowest BCUT2D eigenvalue weighted by atomic mass is 10.2. The molecule has 2 aromatic rings. The molecule has 9 heteroatoms. The summed E-state index contributed by atoms with van der Waals surface area (Å²) in [5, 5.41) is 3.06. The predicted octanol–water partition coefficient (Wildman–Crippen LogP) is 3.48. The van der Waals surface area contributed by atoms with Crippen molar-refractivity contribution in [2.75, 3.05) is 19.7 Å². The van der Waals surface area contributed by atoms with Gasteiger partial charge in [-0.2, -0.15) is 4.31 Å². The molecule has 0 unspecified atom stereocenters. The SMILES string of the molecule is O=C(CN(Cc1ccccc1)S(=O)(=O)c1cc(Cl)ccc1Cl)NC[C@@H]1CCCO1. The molecule has 1 heterocycles. The fourth-order valence-electron chi connectivity index (χ4n) is 3.08. The van der Waals surface area contributed by atoms with Crippen LogP contribution in [0.1, 0.15) is 18.4 Å². The van der Waals surface area contributed by atoms with Crippen molar-refractivity contribution in [3.05, 3.63) is 64.1 Å². The van der Waals surface area contributed by atoms with Crippen LogP contribution >= 0.6 is 23.2 Å². The molecule has 0 radical (unpaired) electrons. The molecule has 0 aromatic heterocycles. The van der Waals surface area contributed by atoms with Crippen molar-refractivity contribution < 1.29 is 17.9 Å². The van der Waals surface area contributed by atoms with Crippen LogP contribution < -0.4 is 5.32 Å². The van der Waals surface area contributed by atoms with Gasteiger partial charge in [0.25, 0.3) is 0 Å². The second-order valence-electron chi connectivity index (χ2n) is 6.77. The summed E-state index contributed by atoms with van der Waals surface area (Å²) >= 11 is 12.1. The second-order valence-corrected chi connectivity index (χ2v) is 9.52. The van der Waals surface area contributed by atoms with Gasteiger partial charge in [0.15, 0.2) is 0 Å². The van der Waals surface area contributed by atoms with Gasteiger partial charge >= 0.3 is 0 Å². The first-order valence-corrected chi connectivity index (χ1v) is 11.4. The van der Waals surface area contributed by atoms with Crippen LogP contribution in [0.25, 0.3) is 0 Å². The van der Waals surface area contributed by atoms with E-state index in [1.54, 1.807) is 12.1 Å². The Morgan fingerprint density at radius 2 is 1.93 bits per heavy atom. The Kier molecular flexibility index (Phi) is 7.54. The summed E-state index contributed by atoms with van der Waals surface area (Å²) in [7, 11) is -4.06. The lowest BCUT2D eigenvalue weighted by molar-refractivity contribution is -0.121. The number of benzene rings is 2. The average molecular weight is 457 g/mol. The molecule has 0 aliphatic carbocycles. The van der Waals surface area contributed by atoms with Gasteiger partial charge in [-0.15, -0.1) is 0 Å². The molecule has 0 spiro atoms. The molecule has 1 amide bonds. The van der Waals surface area contributed by atoms with Crippen LogP contribution in [-0.4, -0.2) is 44.4 Å². The van der Waals surface area contributed by atoms with Crippen molar-refractivity contribution in [2.45, 2.75) is 30.4 Å². The molecule has 0 saturated carbocycles. The Bertz CT molecular complexity index is 948. The highest BCUT2D eigenvalue weighted by Crippen LogP contribution is 2.28. The topological polar surface area (TPSA) is 75.7 Å². The van der Waals surface area contributed by atoms with E-state index in [9.17, 15) is 13.2 Å². The summed E-state index contributed by atoms with van der Waals surface area (Å²) in [5.74, 6) is -0.404. The van der Waals surface area contributed by atoms with Gasteiger partial charge in [-0.05, 0) is 36.6 Å². The van der Waals surface area contributed by atoms with Crippen molar-refractivity contribution in [1.82, 2.24) is 9.62 Å². The molecule has 1 aliphatic heterocycles. The van der Waals surface area contributed by atoms with Crippen molar-refractivity contribution in [2.24, 2.45) is 0 Å². The zero-order chi connectivity index (χ0) is 20.9. The van der Waals surface area contributed by atoms with E-state index in [0.717, 1.165) is 22.7 Å². The van der Waals surface area contributed by atoms with E-state index in [-0.39, 0.29) is 34.1 Å². The van der Waals surface area contributed by atoms with E-state index in [2.05, 4.69) is 5.32 Å². The third kappa shape index (κ3) is 5.93. The van der Waals surface area contributed by atoms with E-state index in [0.29, 0.717) is 13.2 Å². The second kappa shape index (κ2) is 9.91. The molecular weight excluding hydrogens is 435 g/mol. The normalized spacial score (nSPS) is 16.9. The van der Waals surface area contributed by atoms with Crippen molar-refractivity contribution in [3.8, 4) is 0 Å². The van der Waals surface area contributed by atoms with Crippen molar-refractivity contribution in [3.63, 3.8) is 0 Å². The molecule has 0 bridgehead atoms. The Balaban J connectivity index is 1.81. The van der Waals surface area contributed by atoms with Crippen molar-refractivity contribution >= 4 is 39.1 Å². The molecule has 29 heavy (non-hydrogen) atoms. The molecule has 1 saturated heterocycles. The number of sulfonamides is 1. The highest BCUT2D eigenvalue weighted by atomic mass is 35.5. The maximum Gasteiger partial charge on any atom is 0.245 e. The zero-order valence-corrected chi connectivity index (χ0v) is 18.0. The fourth-order valence-corrected chi connectivity index (χ4v) is 5.20. The van der Waals surface area contributed by atoms with E-state index in [1.807, 2.05) is 18.2 Å². The Morgan fingerprint density at radius 1 is 1.17 bits per heavy atom. The quantitative estimate of drug-likeness (QED) is 0.659. The van der Waals surface area contributed by atoms with Gasteiger partial charge in [0, 0.05) is 24.7 Å². The van der Waals surface area contributed by atoms with Crippen LogP contribution in [0.5, 0.6) is 0 Å². The van der Waals surface area contributed by atoms with Gasteiger partial charge in [-0.3, -0.25) is 4.79 Å². The number of rotatable bonds is 8. The number of halogens is 2. The third-order valence-electron chi connectivity index (χ3n) is 4.58. The number of amides is 1. The first kappa shape index (κ1) is 22.1.